The van der Waals surface area contributed by atoms with E-state index >= 15 is 0 Å². The summed E-state index contributed by atoms with van der Waals surface area (Å²) in [5.41, 5.74) is 1.39. The first-order valence-corrected chi connectivity index (χ1v) is 7.29. The van der Waals surface area contributed by atoms with Crippen molar-refractivity contribution in [3.05, 3.63) is 35.4 Å². The van der Waals surface area contributed by atoms with Gasteiger partial charge in [-0.1, -0.05) is 41.9 Å². The predicted molar refractivity (Wildman–Crippen MR) is 69.8 cm³/mol. The molecule has 0 bridgehead atoms. The SMILES string of the molecule is CCS(=O)(=O)C(CO)/C(=N/O)c1cccc(C)c1. The average Bonchev–Trinajstić information content (AvgIpc) is 2.35. The van der Waals surface area contributed by atoms with Crippen LogP contribution in [-0.4, -0.2) is 42.1 Å². The molecule has 0 spiro atoms. The Hall–Kier alpha value is -1.40. The van der Waals surface area contributed by atoms with Crippen molar-refractivity contribution < 1.29 is 18.7 Å². The summed E-state index contributed by atoms with van der Waals surface area (Å²) >= 11 is 0. The zero-order valence-corrected chi connectivity index (χ0v) is 11.2. The Morgan fingerprint density at radius 3 is 2.56 bits per heavy atom. The lowest BCUT2D eigenvalue weighted by atomic mass is 10.1. The minimum absolute atomic E-state index is 0.0250. The van der Waals surface area contributed by atoms with Crippen molar-refractivity contribution in [1.29, 1.82) is 0 Å². The van der Waals surface area contributed by atoms with Gasteiger partial charge in [0.15, 0.2) is 9.84 Å². The highest BCUT2D eigenvalue weighted by atomic mass is 32.2. The zero-order chi connectivity index (χ0) is 13.8. The van der Waals surface area contributed by atoms with E-state index < -0.39 is 21.7 Å². The van der Waals surface area contributed by atoms with Crippen LogP contribution in [0, 0.1) is 6.92 Å². The topological polar surface area (TPSA) is 87.0 Å². The summed E-state index contributed by atoms with van der Waals surface area (Å²) < 4.78 is 23.7. The van der Waals surface area contributed by atoms with E-state index in [2.05, 4.69) is 5.16 Å². The molecule has 0 fully saturated rings. The van der Waals surface area contributed by atoms with E-state index in [1.54, 1.807) is 18.2 Å². The molecule has 1 unspecified atom stereocenters. The van der Waals surface area contributed by atoms with Gasteiger partial charge in [-0.3, -0.25) is 0 Å². The maximum Gasteiger partial charge on any atom is 0.161 e. The molecule has 0 saturated carbocycles. The molecule has 5 nitrogen and oxygen atoms in total. The highest BCUT2D eigenvalue weighted by Crippen LogP contribution is 2.14. The van der Waals surface area contributed by atoms with Crippen LogP contribution < -0.4 is 0 Å². The number of rotatable bonds is 5. The van der Waals surface area contributed by atoms with Gasteiger partial charge in [0.05, 0.1) is 6.61 Å². The Morgan fingerprint density at radius 1 is 1.44 bits per heavy atom. The minimum atomic E-state index is -3.52. The van der Waals surface area contributed by atoms with Crippen molar-refractivity contribution in [1.82, 2.24) is 0 Å². The maximum absolute atomic E-state index is 11.8. The predicted octanol–water partition coefficient (Wildman–Crippen LogP) is 0.969. The van der Waals surface area contributed by atoms with Gasteiger partial charge in [-0.15, -0.1) is 0 Å². The Balaban J connectivity index is 3.26. The molecule has 0 radical (unpaired) electrons. The lowest BCUT2D eigenvalue weighted by Gasteiger charge is -2.16. The number of aliphatic hydroxyl groups is 1. The number of sulfone groups is 1. The van der Waals surface area contributed by atoms with Gasteiger partial charge >= 0.3 is 0 Å². The van der Waals surface area contributed by atoms with Crippen molar-refractivity contribution in [2.24, 2.45) is 5.16 Å². The number of hydrogen-bond acceptors (Lipinski definition) is 5. The fraction of sp³-hybridized carbons (Fsp3) is 0.417. The van der Waals surface area contributed by atoms with Gasteiger partial charge in [-0.05, 0) is 6.92 Å². The largest absolute Gasteiger partial charge is 0.411 e. The molecule has 6 heteroatoms. The van der Waals surface area contributed by atoms with Crippen molar-refractivity contribution in [2.45, 2.75) is 19.1 Å². The summed E-state index contributed by atoms with van der Waals surface area (Å²) in [4.78, 5) is 0. The van der Waals surface area contributed by atoms with E-state index in [-0.39, 0.29) is 11.5 Å². The van der Waals surface area contributed by atoms with Crippen molar-refractivity contribution >= 4 is 15.5 Å². The molecule has 100 valence electrons. The van der Waals surface area contributed by atoms with Crippen LogP contribution in [0.25, 0.3) is 0 Å². The monoisotopic (exact) mass is 271 g/mol. The first kappa shape index (κ1) is 14.7. The molecule has 0 aliphatic carbocycles. The van der Waals surface area contributed by atoms with E-state index in [4.69, 9.17) is 5.21 Å². The smallest absolute Gasteiger partial charge is 0.161 e. The molecular formula is C12H17NO4S. The van der Waals surface area contributed by atoms with E-state index in [9.17, 15) is 13.5 Å². The van der Waals surface area contributed by atoms with Gasteiger partial charge < -0.3 is 10.3 Å². The highest BCUT2D eigenvalue weighted by Gasteiger charge is 2.30. The number of nitrogens with zero attached hydrogens (tertiary/aromatic N) is 1. The number of aliphatic hydroxyl groups excluding tert-OH is 1. The normalized spacial score (nSPS) is 14.5. The van der Waals surface area contributed by atoms with Crippen LogP contribution in [0.4, 0.5) is 0 Å². The Kier molecular flexibility index (Phi) is 4.86. The summed E-state index contributed by atoms with van der Waals surface area (Å²) in [5.74, 6) is -0.122. The third kappa shape index (κ3) is 3.08. The molecule has 0 saturated heterocycles. The molecule has 0 amide bonds. The Morgan fingerprint density at radius 2 is 2.11 bits per heavy atom. The number of oxime groups is 1. The first-order valence-electron chi connectivity index (χ1n) is 5.57. The maximum atomic E-state index is 11.8. The first-order chi connectivity index (χ1) is 8.46. The van der Waals surface area contributed by atoms with E-state index in [0.717, 1.165) is 5.56 Å². The third-order valence-corrected chi connectivity index (χ3v) is 4.77. The summed E-state index contributed by atoms with van der Waals surface area (Å²) in [7, 11) is -3.52. The van der Waals surface area contributed by atoms with Gasteiger partial charge in [0.25, 0.3) is 0 Å². The quantitative estimate of drug-likeness (QED) is 0.474. The number of hydrogen-bond donors (Lipinski definition) is 2. The van der Waals surface area contributed by atoms with Gasteiger partial charge in [0, 0.05) is 11.3 Å². The van der Waals surface area contributed by atoms with E-state index in [1.165, 1.54) is 6.92 Å². The van der Waals surface area contributed by atoms with Gasteiger partial charge in [0.2, 0.25) is 0 Å². The molecule has 1 aromatic rings. The third-order valence-electron chi connectivity index (χ3n) is 2.73. The second-order valence-electron chi connectivity index (χ2n) is 3.98. The zero-order valence-electron chi connectivity index (χ0n) is 10.4. The van der Waals surface area contributed by atoms with Crippen LogP contribution in [0.2, 0.25) is 0 Å². The van der Waals surface area contributed by atoms with Crippen LogP contribution >= 0.6 is 0 Å². The van der Waals surface area contributed by atoms with Crippen molar-refractivity contribution in [2.75, 3.05) is 12.4 Å². The fourth-order valence-electron chi connectivity index (χ4n) is 1.68. The minimum Gasteiger partial charge on any atom is -0.411 e. The van der Waals surface area contributed by atoms with Crippen LogP contribution in [0.1, 0.15) is 18.1 Å². The molecule has 18 heavy (non-hydrogen) atoms. The fourth-order valence-corrected chi connectivity index (χ4v) is 2.84. The van der Waals surface area contributed by atoms with Crippen LogP contribution in [0.3, 0.4) is 0 Å². The summed E-state index contributed by atoms with van der Waals surface area (Å²) in [5, 5.41) is 20.2. The Bertz CT molecular complexity index is 537. The average molecular weight is 271 g/mol. The second-order valence-corrected chi connectivity index (χ2v) is 6.45. The summed E-state index contributed by atoms with van der Waals surface area (Å²) in [6, 6.07) is 6.95. The summed E-state index contributed by atoms with van der Waals surface area (Å²) in [6.45, 7) is 2.73. The highest BCUT2D eigenvalue weighted by molar-refractivity contribution is 7.92. The molecule has 1 rings (SSSR count). The van der Waals surface area contributed by atoms with Crippen molar-refractivity contribution in [3.8, 4) is 0 Å². The standard InChI is InChI=1S/C12H17NO4S/c1-3-18(16,17)11(8-14)12(13-15)10-6-4-5-9(2)7-10/h4-7,11,14-15H,3,8H2,1-2H3/b13-12+. The van der Waals surface area contributed by atoms with Crippen LogP contribution in [0.5, 0.6) is 0 Å². The molecule has 1 atom stereocenters. The summed E-state index contributed by atoms with van der Waals surface area (Å²) in [6.07, 6.45) is 0. The second kappa shape index (κ2) is 5.97. The van der Waals surface area contributed by atoms with E-state index in [0.29, 0.717) is 5.56 Å². The van der Waals surface area contributed by atoms with Gasteiger partial charge in [0.1, 0.15) is 11.0 Å². The number of aryl methyl sites for hydroxylation is 1. The van der Waals surface area contributed by atoms with Gasteiger partial charge in [-0.2, -0.15) is 0 Å². The lowest BCUT2D eigenvalue weighted by Crippen LogP contribution is -2.35. The van der Waals surface area contributed by atoms with E-state index in [1.807, 2.05) is 13.0 Å². The lowest BCUT2D eigenvalue weighted by molar-refractivity contribution is 0.296. The molecule has 0 aliphatic heterocycles. The molecule has 0 aliphatic rings. The molecule has 1 aromatic carbocycles. The molecule has 0 heterocycles. The number of benzene rings is 1. The molecular weight excluding hydrogens is 254 g/mol. The van der Waals surface area contributed by atoms with Crippen molar-refractivity contribution in [3.63, 3.8) is 0 Å². The Labute approximate surface area is 107 Å². The molecule has 2 N–H and O–H groups in total. The van der Waals surface area contributed by atoms with Crippen LogP contribution in [-0.2, 0) is 9.84 Å². The molecule has 0 aromatic heterocycles. The van der Waals surface area contributed by atoms with Crippen LogP contribution in [0.15, 0.2) is 29.4 Å². The van der Waals surface area contributed by atoms with Gasteiger partial charge in [-0.25, -0.2) is 8.42 Å².